The summed E-state index contributed by atoms with van der Waals surface area (Å²) in [5, 5.41) is 14.6. The van der Waals surface area contributed by atoms with Gasteiger partial charge < -0.3 is 15.3 Å². The van der Waals surface area contributed by atoms with Crippen LogP contribution in [0.2, 0.25) is 0 Å². The van der Waals surface area contributed by atoms with Gasteiger partial charge in [0.15, 0.2) is 0 Å². The summed E-state index contributed by atoms with van der Waals surface area (Å²) in [4.78, 5) is 13.6. The Morgan fingerprint density at radius 3 is 2.74 bits per heavy atom. The third-order valence-corrected chi connectivity index (χ3v) is 3.45. The number of aliphatic hydroxyl groups excluding tert-OH is 1. The van der Waals surface area contributed by atoms with E-state index in [0.29, 0.717) is 19.5 Å². The van der Waals surface area contributed by atoms with Crippen LogP contribution in [0.15, 0.2) is 42.5 Å². The predicted octanol–water partition coefficient (Wildman–Crippen LogP) is 2.44. The Hall–Kier alpha value is -2.07. The lowest BCUT2D eigenvalue weighted by Gasteiger charge is -2.16. The number of amides is 2. The van der Waals surface area contributed by atoms with Crippen molar-refractivity contribution in [2.24, 2.45) is 0 Å². The first-order valence-electron chi connectivity index (χ1n) is 6.45. The lowest BCUT2D eigenvalue weighted by Crippen LogP contribution is -2.33. The van der Waals surface area contributed by atoms with E-state index in [4.69, 9.17) is 0 Å². The number of likely N-dealkylation sites (tertiary alicyclic amines) is 1. The molecule has 0 bridgehead atoms. The summed E-state index contributed by atoms with van der Waals surface area (Å²) >= 11 is 0. The average molecular weight is 256 g/mol. The quantitative estimate of drug-likeness (QED) is 0.823. The Balaban J connectivity index is 1.76. The number of fused-ring (bicyclic) bond motifs is 1. The van der Waals surface area contributed by atoms with E-state index < -0.39 is 0 Å². The van der Waals surface area contributed by atoms with Crippen molar-refractivity contribution >= 4 is 22.5 Å². The van der Waals surface area contributed by atoms with Crippen LogP contribution in [-0.2, 0) is 0 Å². The molecule has 1 aliphatic heterocycles. The summed E-state index contributed by atoms with van der Waals surface area (Å²) in [6.07, 6.45) is 0.271. The molecule has 3 rings (SSSR count). The molecular formula is C15H16N2O2. The van der Waals surface area contributed by atoms with Crippen LogP contribution in [0.3, 0.4) is 0 Å². The van der Waals surface area contributed by atoms with Gasteiger partial charge in [0, 0.05) is 18.8 Å². The summed E-state index contributed by atoms with van der Waals surface area (Å²) in [5.74, 6) is 0. The maximum Gasteiger partial charge on any atom is 0.321 e. The maximum atomic E-state index is 12.0. The molecule has 0 radical (unpaired) electrons. The molecule has 0 unspecified atom stereocenters. The largest absolute Gasteiger partial charge is 0.391 e. The molecule has 2 aromatic carbocycles. The van der Waals surface area contributed by atoms with Crippen LogP contribution >= 0.6 is 0 Å². The molecule has 2 aromatic rings. The number of hydrogen-bond acceptors (Lipinski definition) is 2. The molecule has 1 atom stereocenters. The second kappa shape index (κ2) is 4.90. The van der Waals surface area contributed by atoms with E-state index >= 15 is 0 Å². The number of carbonyl (C=O) groups is 1. The van der Waals surface area contributed by atoms with E-state index in [0.717, 1.165) is 16.5 Å². The number of benzene rings is 2. The number of nitrogens with one attached hydrogen (secondary N) is 1. The Bertz CT molecular complexity index is 612. The van der Waals surface area contributed by atoms with E-state index in [1.54, 1.807) is 4.90 Å². The van der Waals surface area contributed by atoms with Crippen molar-refractivity contribution in [3.63, 3.8) is 0 Å². The molecule has 0 aromatic heterocycles. The fourth-order valence-corrected chi connectivity index (χ4v) is 2.40. The van der Waals surface area contributed by atoms with Crippen molar-refractivity contribution in [2.45, 2.75) is 12.5 Å². The molecule has 98 valence electrons. The summed E-state index contributed by atoms with van der Waals surface area (Å²) in [5.41, 5.74) is 0.782. The zero-order chi connectivity index (χ0) is 13.2. The SMILES string of the molecule is O=C(Nc1ccc2ccccc2c1)N1CC[C@H](O)C1. The number of rotatable bonds is 1. The summed E-state index contributed by atoms with van der Waals surface area (Å²) < 4.78 is 0. The van der Waals surface area contributed by atoms with Crippen LogP contribution in [0, 0.1) is 0 Å². The van der Waals surface area contributed by atoms with Crippen molar-refractivity contribution in [1.29, 1.82) is 0 Å². The molecule has 4 heteroatoms. The van der Waals surface area contributed by atoms with Gasteiger partial charge in [0.25, 0.3) is 0 Å². The van der Waals surface area contributed by atoms with Gasteiger partial charge in [-0.25, -0.2) is 4.79 Å². The van der Waals surface area contributed by atoms with E-state index in [1.165, 1.54) is 0 Å². The fourth-order valence-electron chi connectivity index (χ4n) is 2.40. The third-order valence-electron chi connectivity index (χ3n) is 3.45. The molecule has 2 amide bonds. The van der Waals surface area contributed by atoms with Gasteiger partial charge in [-0.05, 0) is 29.3 Å². The molecule has 0 saturated carbocycles. The van der Waals surface area contributed by atoms with Gasteiger partial charge in [0.1, 0.15) is 0 Å². The summed E-state index contributed by atoms with van der Waals surface area (Å²) in [6.45, 7) is 1.03. The lowest BCUT2D eigenvalue weighted by molar-refractivity contribution is 0.176. The zero-order valence-electron chi connectivity index (χ0n) is 10.5. The van der Waals surface area contributed by atoms with Gasteiger partial charge in [0.05, 0.1) is 6.10 Å². The fraction of sp³-hybridized carbons (Fsp3) is 0.267. The molecule has 4 nitrogen and oxygen atoms in total. The van der Waals surface area contributed by atoms with Crippen molar-refractivity contribution in [3.8, 4) is 0 Å². The van der Waals surface area contributed by atoms with Crippen molar-refractivity contribution in [2.75, 3.05) is 18.4 Å². The number of carbonyl (C=O) groups excluding carboxylic acids is 1. The monoisotopic (exact) mass is 256 g/mol. The minimum absolute atomic E-state index is 0.146. The average Bonchev–Trinajstić information content (AvgIpc) is 2.85. The molecule has 0 aliphatic carbocycles. The van der Waals surface area contributed by atoms with E-state index in [-0.39, 0.29) is 12.1 Å². The molecule has 0 spiro atoms. The van der Waals surface area contributed by atoms with Crippen LogP contribution in [0.1, 0.15) is 6.42 Å². The number of urea groups is 1. The van der Waals surface area contributed by atoms with Crippen molar-refractivity contribution < 1.29 is 9.90 Å². The van der Waals surface area contributed by atoms with Crippen LogP contribution in [-0.4, -0.2) is 35.2 Å². The normalized spacial score (nSPS) is 18.8. The van der Waals surface area contributed by atoms with E-state index in [2.05, 4.69) is 5.32 Å². The predicted molar refractivity (Wildman–Crippen MR) is 75.2 cm³/mol. The van der Waals surface area contributed by atoms with Crippen molar-refractivity contribution in [3.05, 3.63) is 42.5 Å². The summed E-state index contributed by atoms with van der Waals surface area (Å²) in [6, 6.07) is 13.7. The Morgan fingerprint density at radius 2 is 2.00 bits per heavy atom. The van der Waals surface area contributed by atoms with E-state index in [9.17, 15) is 9.90 Å². The number of anilines is 1. The number of β-amino-alcohol motifs (C(OH)–C–C–N with tert-alkyl or cyclic N) is 1. The van der Waals surface area contributed by atoms with Gasteiger partial charge in [0.2, 0.25) is 0 Å². The standard InChI is InChI=1S/C15H16N2O2/c18-14-7-8-17(10-14)15(19)16-13-6-5-11-3-1-2-4-12(11)9-13/h1-6,9,14,18H,7-8,10H2,(H,16,19)/t14-/m0/s1. The Kier molecular flexibility index (Phi) is 3.09. The number of aliphatic hydroxyl groups is 1. The van der Waals surface area contributed by atoms with Gasteiger partial charge >= 0.3 is 6.03 Å². The minimum Gasteiger partial charge on any atom is -0.391 e. The first-order chi connectivity index (χ1) is 9.22. The van der Waals surface area contributed by atoms with Gasteiger partial charge in [-0.15, -0.1) is 0 Å². The van der Waals surface area contributed by atoms with Gasteiger partial charge in [-0.1, -0.05) is 30.3 Å². The first-order valence-corrected chi connectivity index (χ1v) is 6.45. The second-order valence-corrected chi connectivity index (χ2v) is 4.88. The highest BCUT2D eigenvalue weighted by Gasteiger charge is 2.24. The molecular weight excluding hydrogens is 240 g/mol. The number of hydrogen-bond donors (Lipinski definition) is 2. The highest BCUT2D eigenvalue weighted by Crippen LogP contribution is 2.19. The molecule has 1 aliphatic rings. The number of nitrogens with zero attached hydrogens (tertiary/aromatic N) is 1. The topological polar surface area (TPSA) is 52.6 Å². The highest BCUT2D eigenvalue weighted by molar-refractivity contribution is 5.93. The lowest BCUT2D eigenvalue weighted by atomic mass is 10.1. The maximum absolute atomic E-state index is 12.0. The van der Waals surface area contributed by atoms with Crippen LogP contribution in [0.25, 0.3) is 10.8 Å². The van der Waals surface area contributed by atoms with Crippen LogP contribution in [0.4, 0.5) is 10.5 Å². The van der Waals surface area contributed by atoms with Gasteiger partial charge in [-0.3, -0.25) is 0 Å². The molecule has 1 heterocycles. The van der Waals surface area contributed by atoms with Crippen LogP contribution < -0.4 is 5.32 Å². The molecule has 1 fully saturated rings. The Morgan fingerprint density at radius 1 is 1.21 bits per heavy atom. The molecule has 19 heavy (non-hydrogen) atoms. The molecule has 1 saturated heterocycles. The summed E-state index contributed by atoms with van der Waals surface area (Å²) in [7, 11) is 0. The zero-order valence-corrected chi connectivity index (χ0v) is 10.5. The third kappa shape index (κ3) is 2.53. The van der Waals surface area contributed by atoms with E-state index in [1.807, 2.05) is 42.5 Å². The first kappa shape index (κ1) is 12.0. The Labute approximate surface area is 111 Å². The second-order valence-electron chi connectivity index (χ2n) is 4.88. The highest BCUT2D eigenvalue weighted by atomic mass is 16.3. The van der Waals surface area contributed by atoms with Gasteiger partial charge in [-0.2, -0.15) is 0 Å². The smallest absolute Gasteiger partial charge is 0.321 e. The minimum atomic E-state index is -0.387. The van der Waals surface area contributed by atoms with Crippen LogP contribution in [0.5, 0.6) is 0 Å². The molecule has 2 N–H and O–H groups in total. The van der Waals surface area contributed by atoms with Crippen molar-refractivity contribution in [1.82, 2.24) is 4.90 Å².